The van der Waals surface area contributed by atoms with Crippen molar-refractivity contribution in [2.75, 3.05) is 40.1 Å². The average molecular weight is 474 g/mol. The van der Waals surface area contributed by atoms with E-state index in [0.717, 1.165) is 35.6 Å². The van der Waals surface area contributed by atoms with Crippen LogP contribution in [0.25, 0.3) is 0 Å². The van der Waals surface area contributed by atoms with Crippen LogP contribution in [0.1, 0.15) is 51.3 Å². The Morgan fingerprint density at radius 1 is 1.29 bits per heavy atom. The lowest BCUT2D eigenvalue weighted by atomic mass is 9.90. The highest BCUT2D eigenvalue weighted by Gasteiger charge is 2.31. The predicted molar refractivity (Wildman–Crippen MR) is 133 cm³/mol. The molecule has 0 radical (unpaired) electrons. The molecule has 1 aliphatic heterocycles. The van der Waals surface area contributed by atoms with Crippen LogP contribution in [0.2, 0.25) is 0 Å². The van der Waals surface area contributed by atoms with Gasteiger partial charge in [-0.05, 0) is 50.2 Å². The first-order valence-corrected chi connectivity index (χ1v) is 11.6. The lowest BCUT2D eigenvalue weighted by Gasteiger charge is -2.35. The van der Waals surface area contributed by atoms with E-state index < -0.39 is 0 Å². The summed E-state index contributed by atoms with van der Waals surface area (Å²) in [5.41, 5.74) is 5.14. The largest absolute Gasteiger partial charge is 0.495 e. The quantitative estimate of drug-likeness (QED) is 0.537. The number of hydrogen-bond acceptors (Lipinski definition) is 7. The average Bonchev–Trinajstić information content (AvgIpc) is 3.30. The van der Waals surface area contributed by atoms with Crippen LogP contribution in [0.15, 0.2) is 36.8 Å². The highest BCUT2D eigenvalue weighted by molar-refractivity contribution is 5.97. The van der Waals surface area contributed by atoms with Gasteiger partial charge in [0, 0.05) is 50.4 Å². The van der Waals surface area contributed by atoms with E-state index in [1.54, 1.807) is 12.3 Å². The maximum atomic E-state index is 13.8. The van der Waals surface area contributed by atoms with Gasteiger partial charge in [-0.1, -0.05) is 6.07 Å². The van der Waals surface area contributed by atoms with Crippen molar-refractivity contribution in [1.29, 1.82) is 5.26 Å². The first-order valence-electron chi connectivity index (χ1n) is 11.6. The maximum absolute atomic E-state index is 13.8. The second-order valence-electron chi connectivity index (χ2n) is 8.99. The highest BCUT2D eigenvalue weighted by atomic mass is 16.5. The van der Waals surface area contributed by atoms with Crippen molar-refractivity contribution in [3.63, 3.8) is 0 Å². The van der Waals surface area contributed by atoms with Crippen LogP contribution < -0.4 is 10.1 Å². The number of fused-ring (bicyclic) bond motifs is 1. The molecular weight excluding hydrogens is 442 g/mol. The number of pyridine rings is 1. The van der Waals surface area contributed by atoms with Crippen molar-refractivity contribution >= 4 is 11.9 Å². The van der Waals surface area contributed by atoms with Gasteiger partial charge in [0.15, 0.2) is 0 Å². The van der Waals surface area contributed by atoms with Crippen LogP contribution in [0.3, 0.4) is 0 Å². The molecule has 35 heavy (non-hydrogen) atoms. The number of imidazole rings is 1. The third kappa shape index (κ3) is 4.84. The fraction of sp³-hybridized carbons (Fsp3) is 0.385. The van der Waals surface area contributed by atoms with E-state index in [9.17, 15) is 10.1 Å². The monoisotopic (exact) mass is 473 g/mol. The van der Waals surface area contributed by atoms with Crippen molar-refractivity contribution in [3.8, 4) is 11.8 Å². The molecule has 0 saturated carbocycles. The van der Waals surface area contributed by atoms with Gasteiger partial charge >= 0.3 is 0 Å². The Kier molecular flexibility index (Phi) is 7.03. The van der Waals surface area contributed by atoms with E-state index in [1.165, 1.54) is 18.9 Å². The lowest BCUT2D eigenvalue weighted by molar-refractivity contribution is 0.0668. The first-order chi connectivity index (χ1) is 16.9. The second kappa shape index (κ2) is 10.2. The van der Waals surface area contributed by atoms with Gasteiger partial charge in [0.25, 0.3) is 5.91 Å². The number of hydrogen-bond donors (Lipinski definition) is 1. The molecule has 182 valence electrons. The van der Waals surface area contributed by atoms with Crippen LogP contribution in [0.4, 0.5) is 5.95 Å². The van der Waals surface area contributed by atoms with Gasteiger partial charge in [-0.3, -0.25) is 9.78 Å². The van der Waals surface area contributed by atoms with Crippen LogP contribution in [-0.2, 0) is 19.5 Å². The molecular formula is C26H31N7O2. The number of carbonyl (C=O) groups is 1. The molecule has 1 aliphatic rings. The van der Waals surface area contributed by atoms with Gasteiger partial charge in [0.05, 0.1) is 25.4 Å². The molecule has 1 N–H and O–H groups in total. The van der Waals surface area contributed by atoms with E-state index >= 15 is 0 Å². The zero-order chi connectivity index (χ0) is 25.1. The first kappa shape index (κ1) is 24.2. The molecule has 0 unspecified atom stereocenters. The summed E-state index contributed by atoms with van der Waals surface area (Å²) in [4.78, 5) is 26.6. The molecule has 3 aromatic rings. The lowest BCUT2D eigenvalue weighted by Crippen LogP contribution is -2.40. The summed E-state index contributed by atoms with van der Waals surface area (Å²) in [5, 5.41) is 12.4. The zero-order valence-electron chi connectivity index (χ0n) is 20.9. The summed E-state index contributed by atoms with van der Waals surface area (Å²) in [7, 11) is 7.45. The van der Waals surface area contributed by atoms with E-state index in [-0.39, 0.29) is 11.9 Å². The summed E-state index contributed by atoms with van der Waals surface area (Å²) in [6, 6.07) is 7.79. The van der Waals surface area contributed by atoms with E-state index in [0.29, 0.717) is 30.1 Å². The Morgan fingerprint density at radius 2 is 2.09 bits per heavy atom. The second-order valence-corrected chi connectivity index (χ2v) is 8.99. The minimum atomic E-state index is -0.261. The number of anilines is 1. The van der Waals surface area contributed by atoms with Crippen molar-refractivity contribution in [2.24, 2.45) is 0 Å². The third-order valence-corrected chi connectivity index (χ3v) is 6.40. The Morgan fingerprint density at radius 3 is 2.77 bits per heavy atom. The van der Waals surface area contributed by atoms with Crippen LogP contribution in [0.5, 0.6) is 5.75 Å². The SMILES string of the molecule is CNc1nccn1Cc1cc(CN(C)C)c2c(c1)C(=O)N([C@@H](C)c1cc(OC)c(C#N)cn1)CC2. The smallest absolute Gasteiger partial charge is 0.254 e. The molecule has 9 heteroatoms. The van der Waals surface area contributed by atoms with Crippen LogP contribution in [-0.4, -0.2) is 65.0 Å². The highest BCUT2D eigenvalue weighted by Crippen LogP contribution is 2.32. The molecule has 0 bridgehead atoms. The van der Waals surface area contributed by atoms with E-state index in [1.807, 2.05) is 49.8 Å². The van der Waals surface area contributed by atoms with Crippen molar-refractivity contribution < 1.29 is 9.53 Å². The fourth-order valence-corrected chi connectivity index (χ4v) is 4.67. The minimum absolute atomic E-state index is 0.00907. The van der Waals surface area contributed by atoms with Gasteiger partial charge in [-0.2, -0.15) is 5.26 Å². The molecule has 3 heterocycles. The van der Waals surface area contributed by atoms with Crippen molar-refractivity contribution in [3.05, 3.63) is 70.3 Å². The number of methoxy groups -OCH3 is 1. The Bertz CT molecular complexity index is 1280. The van der Waals surface area contributed by atoms with Gasteiger partial charge in [0.1, 0.15) is 17.4 Å². The maximum Gasteiger partial charge on any atom is 0.254 e. The van der Waals surface area contributed by atoms with Gasteiger partial charge < -0.3 is 24.4 Å². The van der Waals surface area contributed by atoms with Crippen molar-refractivity contribution in [1.82, 2.24) is 24.3 Å². The zero-order valence-corrected chi connectivity index (χ0v) is 20.9. The normalized spacial score (nSPS) is 14.0. The van der Waals surface area contributed by atoms with E-state index in [2.05, 4.69) is 32.3 Å². The molecule has 0 aliphatic carbocycles. The van der Waals surface area contributed by atoms with Crippen molar-refractivity contribution in [2.45, 2.75) is 32.5 Å². The summed E-state index contributed by atoms with van der Waals surface area (Å²) >= 11 is 0. The Balaban J connectivity index is 1.69. The minimum Gasteiger partial charge on any atom is -0.495 e. The van der Waals surface area contributed by atoms with Gasteiger partial charge in [-0.25, -0.2) is 4.98 Å². The summed E-state index contributed by atoms with van der Waals surface area (Å²) in [5.74, 6) is 1.23. The standard InChI is InChI=1S/C26H31N7O2/c1-17(23-12-24(35-5)20(13-27)14-30-23)33-8-6-21-19(16-31(3)4)10-18(11-22(21)25(33)34)15-32-9-7-29-26(32)28-2/h7,9-12,14,17H,6,8,15-16H2,1-5H3,(H,28,29)/t17-/m0/s1. The molecule has 1 amide bonds. The fourth-order valence-electron chi connectivity index (χ4n) is 4.67. The molecule has 1 aromatic carbocycles. The number of benzene rings is 1. The van der Waals surface area contributed by atoms with E-state index in [4.69, 9.17) is 4.74 Å². The number of nitrogens with zero attached hydrogens (tertiary/aromatic N) is 6. The number of ether oxygens (including phenoxy) is 1. The predicted octanol–water partition coefficient (Wildman–Crippen LogP) is 3.07. The molecule has 0 fully saturated rings. The molecule has 2 aromatic heterocycles. The molecule has 9 nitrogen and oxygen atoms in total. The molecule has 0 saturated heterocycles. The third-order valence-electron chi connectivity index (χ3n) is 6.40. The number of rotatable bonds is 8. The summed E-state index contributed by atoms with van der Waals surface area (Å²) < 4.78 is 7.38. The number of nitriles is 1. The van der Waals surface area contributed by atoms with Gasteiger partial charge in [0.2, 0.25) is 5.95 Å². The van der Waals surface area contributed by atoms with Crippen LogP contribution >= 0.6 is 0 Å². The molecule has 0 spiro atoms. The molecule has 4 rings (SSSR count). The Labute approximate surface area is 206 Å². The topological polar surface area (TPSA) is 99.3 Å². The number of carbonyl (C=O) groups excluding carboxylic acids is 1. The van der Waals surface area contributed by atoms with Crippen LogP contribution in [0, 0.1) is 11.3 Å². The summed E-state index contributed by atoms with van der Waals surface area (Å²) in [6.07, 6.45) is 5.97. The number of amides is 1. The summed E-state index contributed by atoms with van der Waals surface area (Å²) in [6.45, 7) is 3.94. The molecule has 1 atom stereocenters. The van der Waals surface area contributed by atoms with Gasteiger partial charge in [-0.15, -0.1) is 0 Å². The number of nitrogens with one attached hydrogen (secondary N) is 1. The Hall–Kier alpha value is -3.90. The number of aromatic nitrogens is 3.